The number of para-hydroxylation sites is 2. The van der Waals surface area contributed by atoms with E-state index in [0.29, 0.717) is 0 Å². The highest BCUT2D eigenvalue weighted by atomic mass is 16.5. The molecule has 0 spiro atoms. The molecule has 0 saturated carbocycles. The molecule has 12 aromatic carbocycles. The molecule has 0 fully saturated rings. The predicted octanol–water partition coefficient (Wildman–Crippen LogP) is 23.9. The molecular weight excluding hydrogens is 1220 g/mol. The number of rotatable bonds is 2. The fourth-order valence-corrected chi connectivity index (χ4v) is 18.5. The number of ether oxygens (including phenoxy) is 1. The first-order valence-corrected chi connectivity index (χ1v) is 36.9. The Bertz CT molecular complexity index is 5930. The average molecular weight is 1310 g/mol. The first-order chi connectivity index (χ1) is 47.8. The molecule has 8 bridgehead atoms. The molecule has 2 aromatic heterocycles. The second kappa shape index (κ2) is 20.2. The van der Waals surface area contributed by atoms with Crippen molar-refractivity contribution < 1.29 is 4.74 Å². The first kappa shape index (κ1) is 62.1. The maximum atomic E-state index is 8.32. The van der Waals surface area contributed by atoms with Crippen LogP contribution in [0.2, 0.25) is 0 Å². The van der Waals surface area contributed by atoms with Gasteiger partial charge in [-0.2, -0.15) is 0 Å². The van der Waals surface area contributed by atoms with Crippen LogP contribution in [-0.2, 0) is 37.9 Å². The van der Waals surface area contributed by atoms with Gasteiger partial charge in [0.15, 0.2) is 0 Å². The van der Waals surface area contributed by atoms with Crippen LogP contribution in [0.3, 0.4) is 0 Å². The Morgan fingerprint density at radius 3 is 1.20 bits per heavy atom. The lowest BCUT2D eigenvalue weighted by atomic mass is 9.33. The minimum Gasteiger partial charge on any atom is -0.458 e. The third kappa shape index (κ3) is 8.73. The van der Waals surface area contributed by atoms with Gasteiger partial charge in [-0.3, -0.25) is 0 Å². The van der Waals surface area contributed by atoms with Gasteiger partial charge < -0.3 is 13.9 Å². The van der Waals surface area contributed by atoms with Crippen LogP contribution in [0.4, 0.5) is 0 Å². The topological polar surface area (TPSA) is 19.1 Å². The molecule has 496 valence electrons. The molecule has 1 atom stereocenters. The number of fused-ring (bicyclic) bond motifs is 9. The average Bonchev–Trinajstić information content (AvgIpc) is 1.57. The van der Waals surface area contributed by atoms with Crippen molar-refractivity contribution in [2.45, 2.75) is 163 Å². The van der Waals surface area contributed by atoms with E-state index >= 15 is 0 Å². The zero-order valence-corrected chi connectivity index (χ0v) is 62.1. The van der Waals surface area contributed by atoms with E-state index in [1.54, 1.807) is 0 Å². The summed E-state index contributed by atoms with van der Waals surface area (Å²) in [5, 5.41) is 5.05. The summed E-state index contributed by atoms with van der Waals surface area (Å²) in [5.41, 5.74) is 36.3. The summed E-state index contributed by atoms with van der Waals surface area (Å²) in [6.45, 7) is 42.9. The van der Waals surface area contributed by atoms with Crippen LogP contribution in [0, 0.1) is 0 Å². The summed E-state index contributed by atoms with van der Waals surface area (Å²) in [6, 6.07) is 85.2. The maximum Gasteiger partial charge on any atom is 0.256 e. The number of nitrogens with zero attached hydrogens (tertiary/aromatic N) is 2. The van der Waals surface area contributed by atoms with E-state index < -0.39 is 10.8 Å². The Balaban J connectivity index is 1.08. The van der Waals surface area contributed by atoms with Crippen LogP contribution in [-0.4, -0.2) is 15.8 Å². The summed E-state index contributed by atoms with van der Waals surface area (Å²) in [6.07, 6.45) is 0. The van der Waals surface area contributed by atoms with Gasteiger partial charge in [0.25, 0.3) is 6.71 Å². The molecule has 7 aliphatic heterocycles. The quantitative estimate of drug-likeness (QED) is 0.158. The van der Waals surface area contributed by atoms with Crippen LogP contribution >= 0.6 is 0 Å². The van der Waals surface area contributed by atoms with Crippen molar-refractivity contribution in [3.05, 3.63) is 268 Å². The lowest BCUT2D eigenvalue weighted by Crippen LogP contribution is -2.60. The van der Waals surface area contributed by atoms with Gasteiger partial charge in [-0.25, -0.2) is 0 Å². The van der Waals surface area contributed by atoms with Gasteiger partial charge in [-0.15, -0.1) is 0 Å². The van der Waals surface area contributed by atoms with Crippen molar-refractivity contribution in [2.24, 2.45) is 0 Å². The normalized spacial score (nSPS) is 16.0. The molecule has 9 heterocycles. The molecular formula is C97H89BN2O. The van der Waals surface area contributed by atoms with Crippen molar-refractivity contribution in [1.82, 2.24) is 9.13 Å². The van der Waals surface area contributed by atoms with Crippen LogP contribution < -0.4 is 21.1 Å². The molecule has 4 heteroatoms. The Morgan fingerprint density at radius 1 is 0.317 bits per heavy atom. The second-order valence-corrected chi connectivity index (χ2v) is 36.3. The van der Waals surface area contributed by atoms with E-state index in [9.17, 15) is 0 Å². The first-order valence-electron chi connectivity index (χ1n) is 36.9. The predicted molar refractivity (Wildman–Crippen MR) is 430 cm³/mol. The Kier molecular flexibility index (Phi) is 12.4. The molecule has 7 aliphatic rings. The lowest BCUT2D eigenvalue weighted by Gasteiger charge is -2.47. The summed E-state index contributed by atoms with van der Waals surface area (Å²) in [7, 11) is 0. The monoisotopic (exact) mass is 1310 g/mol. The van der Waals surface area contributed by atoms with E-state index in [4.69, 9.17) is 4.74 Å². The minimum atomic E-state index is -0.807. The van der Waals surface area contributed by atoms with E-state index in [-0.39, 0.29) is 33.8 Å². The number of benzene rings is 12. The highest BCUT2D eigenvalue weighted by molar-refractivity contribution is 6.99. The van der Waals surface area contributed by atoms with Gasteiger partial charge >= 0.3 is 0 Å². The molecule has 101 heavy (non-hydrogen) atoms. The summed E-state index contributed by atoms with van der Waals surface area (Å²) in [4.78, 5) is 0. The smallest absolute Gasteiger partial charge is 0.256 e. The zero-order valence-electron chi connectivity index (χ0n) is 62.1. The van der Waals surface area contributed by atoms with Crippen LogP contribution in [0.5, 0.6) is 11.5 Å². The lowest BCUT2D eigenvalue weighted by molar-refractivity contribution is 0.463. The zero-order chi connectivity index (χ0) is 70.0. The van der Waals surface area contributed by atoms with Gasteiger partial charge in [0.2, 0.25) is 0 Å². The van der Waals surface area contributed by atoms with Crippen LogP contribution in [0.15, 0.2) is 212 Å². The molecule has 3 nitrogen and oxygen atoms in total. The van der Waals surface area contributed by atoms with Crippen LogP contribution in [0.25, 0.3) is 122 Å². The largest absolute Gasteiger partial charge is 0.458 e. The van der Waals surface area contributed by atoms with Gasteiger partial charge in [0.05, 0.1) is 27.9 Å². The van der Waals surface area contributed by atoms with Gasteiger partial charge in [-0.05, 0) is 205 Å². The van der Waals surface area contributed by atoms with Gasteiger partial charge in [0, 0.05) is 60.1 Å². The van der Waals surface area contributed by atoms with E-state index in [2.05, 4.69) is 346 Å². The molecule has 0 amide bonds. The molecule has 21 rings (SSSR count). The Morgan fingerprint density at radius 2 is 0.723 bits per heavy atom. The van der Waals surface area contributed by atoms with E-state index in [1.165, 1.54) is 194 Å². The van der Waals surface area contributed by atoms with Crippen molar-refractivity contribution in [3.8, 4) is 89.6 Å². The van der Waals surface area contributed by atoms with Gasteiger partial charge in [0.1, 0.15) is 11.5 Å². The molecule has 0 aliphatic carbocycles. The second-order valence-electron chi connectivity index (χ2n) is 36.3. The maximum absolute atomic E-state index is 8.32. The Hall–Kier alpha value is -9.90. The molecule has 0 saturated heterocycles. The molecule has 0 N–H and O–H groups in total. The minimum absolute atomic E-state index is 0.0131. The van der Waals surface area contributed by atoms with E-state index in [1.807, 2.05) is 0 Å². The summed E-state index contributed by atoms with van der Waals surface area (Å²) >= 11 is 0. The van der Waals surface area contributed by atoms with Gasteiger partial charge in [-0.1, -0.05) is 275 Å². The summed E-state index contributed by atoms with van der Waals surface area (Å²) < 4.78 is 14.0. The van der Waals surface area contributed by atoms with Crippen LogP contribution in [0.1, 0.15) is 180 Å². The summed E-state index contributed by atoms with van der Waals surface area (Å²) in [5.74, 6) is 1.88. The number of aromatic nitrogens is 2. The standard InChI is InChI=1S/C97H89BN2O/c1-91(2,3)64-33-25-54(26-34-64)58-43-60-47-62(45-58)71-21-19-23-73-74-24-20-22-72-63-46-59(55-27-35-65(36-28-55)92(4,5)6)44-61(48-63)57-31-39-67(40-32-57)97(18)77-51-69(94(10,11)12)49-75-76-50-70(95(13,14)15)53-79-87(76)100(86(75)77)89-81(97)88(99(84(71)73)85(72)74)82(96(16,17)66-37-29-56(60)30-38-66)90-83(89)98(79)78-52-68(93(7,8)9)41-42-80(78)101-90/h19-53H,1-18H3. The highest BCUT2D eigenvalue weighted by Gasteiger charge is 2.54. The number of hydrogen-bond acceptors (Lipinski definition) is 1. The number of hydrogen-bond donors (Lipinski definition) is 0. The van der Waals surface area contributed by atoms with Crippen molar-refractivity contribution >= 4 is 66.7 Å². The fourth-order valence-electron chi connectivity index (χ4n) is 18.5. The van der Waals surface area contributed by atoms with Crippen molar-refractivity contribution in [2.75, 3.05) is 0 Å². The SMILES string of the molecule is CC(C)(C)c1ccc(-c2cc3cc(c2)-c2cccc4c5cccc6c5n(c24)-c2c(c4c5c7c2C(C)(c2ccc(cc2)-c2cc(-c8ccc(C(C)(C)C)cc8)cc-6c2)c2cc(C(C)(C)C)cc6c8cc(C(C)(C)C)cc(c8n-7c26)B5c2cc(C(C)(C)C)ccc2O4)C(C)(C)c2ccc-3cc2)cc1. The third-order valence-corrected chi connectivity index (χ3v) is 24.5. The van der Waals surface area contributed by atoms with Crippen molar-refractivity contribution in [1.29, 1.82) is 0 Å². The molecule has 1 unspecified atom stereocenters. The Labute approximate surface area is 597 Å². The molecule has 14 aromatic rings. The highest BCUT2D eigenvalue weighted by Crippen LogP contribution is 2.61. The third-order valence-electron chi connectivity index (χ3n) is 24.5. The molecule has 0 radical (unpaired) electrons. The van der Waals surface area contributed by atoms with E-state index in [0.717, 1.165) is 11.5 Å². The fraction of sp³-hybridized carbons (Fsp3) is 0.258. The van der Waals surface area contributed by atoms with Crippen molar-refractivity contribution in [3.63, 3.8) is 0 Å².